The van der Waals surface area contributed by atoms with E-state index in [1.165, 1.54) is 11.8 Å². The summed E-state index contributed by atoms with van der Waals surface area (Å²) >= 11 is 0. The van der Waals surface area contributed by atoms with Crippen molar-refractivity contribution >= 4 is 15.7 Å². The fourth-order valence-electron chi connectivity index (χ4n) is 5.66. The van der Waals surface area contributed by atoms with E-state index in [0.717, 1.165) is 70.6 Å². The number of sulfone groups is 1. The average molecular weight is 527 g/mol. The largest absolute Gasteiger partial charge is 0.353 e. The lowest BCUT2D eigenvalue weighted by Crippen LogP contribution is -2.47. The monoisotopic (exact) mass is 526 g/mol. The third-order valence-electron chi connectivity index (χ3n) is 7.86. The maximum Gasteiger partial charge on any atom is 0.227 e. The molecule has 8 heteroatoms. The van der Waals surface area contributed by atoms with Crippen LogP contribution in [0.15, 0.2) is 59.5 Å². The second-order valence-corrected chi connectivity index (χ2v) is 12.4. The van der Waals surface area contributed by atoms with Crippen LogP contribution < -0.4 is 10.6 Å². The normalized spacial score (nSPS) is 19.8. The number of likely N-dealkylation sites (tertiary alicyclic amines) is 1. The Morgan fingerprint density at radius 2 is 1.62 bits per heavy atom. The molecule has 2 aliphatic heterocycles. The Hall–Kier alpha value is -2.26. The van der Waals surface area contributed by atoms with E-state index in [1.54, 1.807) is 24.3 Å². The van der Waals surface area contributed by atoms with Crippen molar-refractivity contribution in [2.24, 2.45) is 0 Å². The highest BCUT2D eigenvalue weighted by molar-refractivity contribution is 7.90. The quantitative estimate of drug-likeness (QED) is 0.495. The van der Waals surface area contributed by atoms with Gasteiger partial charge < -0.3 is 15.5 Å². The zero-order valence-electron chi connectivity index (χ0n) is 22.2. The van der Waals surface area contributed by atoms with Gasteiger partial charge in [0, 0.05) is 57.6 Å². The van der Waals surface area contributed by atoms with Gasteiger partial charge in [-0.15, -0.1) is 0 Å². The third-order valence-corrected chi connectivity index (χ3v) is 8.99. The van der Waals surface area contributed by atoms with Gasteiger partial charge in [-0.05, 0) is 55.5 Å². The van der Waals surface area contributed by atoms with Crippen LogP contribution in [0.5, 0.6) is 0 Å². The van der Waals surface area contributed by atoms with E-state index in [-0.39, 0.29) is 22.8 Å². The zero-order valence-corrected chi connectivity index (χ0v) is 23.1. The van der Waals surface area contributed by atoms with Crippen molar-refractivity contribution in [3.8, 4) is 0 Å². The van der Waals surface area contributed by atoms with Crippen LogP contribution >= 0.6 is 0 Å². The molecule has 7 nitrogen and oxygen atoms in total. The van der Waals surface area contributed by atoms with Gasteiger partial charge in [0.2, 0.25) is 5.91 Å². The summed E-state index contributed by atoms with van der Waals surface area (Å²) in [6.45, 7) is 9.32. The Kier molecular flexibility index (Phi) is 9.76. The van der Waals surface area contributed by atoms with E-state index in [4.69, 9.17) is 0 Å². The molecule has 37 heavy (non-hydrogen) atoms. The molecule has 202 valence electrons. The van der Waals surface area contributed by atoms with Gasteiger partial charge in [0.1, 0.15) is 0 Å². The van der Waals surface area contributed by atoms with Crippen molar-refractivity contribution in [2.45, 2.75) is 55.5 Å². The van der Waals surface area contributed by atoms with Crippen molar-refractivity contribution in [1.29, 1.82) is 0 Å². The first kappa shape index (κ1) is 27.8. The number of nitrogens with one attached hydrogen (secondary N) is 2. The minimum atomic E-state index is -3.24. The summed E-state index contributed by atoms with van der Waals surface area (Å²) in [6.07, 6.45) is 4.90. The first-order valence-corrected chi connectivity index (χ1v) is 15.6. The lowest BCUT2D eigenvalue weighted by molar-refractivity contribution is -0.123. The minimum absolute atomic E-state index is 0.0379. The molecular weight excluding hydrogens is 484 g/mol. The maximum atomic E-state index is 13.1. The Labute approximate surface area is 222 Å². The highest BCUT2D eigenvalue weighted by Crippen LogP contribution is 2.26. The number of rotatable bonds is 10. The molecule has 0 spiro atoms. The van der Waals surface area contributed by atoms with Crippen LogP contribution in [0.2, 0.25) is 0 Å². The molecule has 0 radical (unpaired) electrons. The van der Waals surface area contributed by atoms with Crippen LogP contribution in [-0.2, 0) is 14.6 Å². The van der Waals surface area contributed by atoms with Crippen molar-refractivity contribution in [3.05, 3.63) is 65.7 Å². The molecule has 2 heterocycles. The summed E-state index contributed by atoms with van der Waals surface area (Å²) in [5.41, 5.74) is 2.27. The zero-order chi connectivity index (χ0) is 26.3. The summed E-state index contributed by atoms with van der Waals surface area (Å²) in [6, 6.07) is 18.3. The Morgan fingerprint density at radius 1 is 0.973 bits per heavy atom. The molecule has 2 fully saturated rings. The summed E-state index contributed by atoms with van der Waals surface area (Å²) in [5, 5.41) is 6.74. The van der Waals surface area contributed by atoms with E-state index in [2.05, 4.69) is 50.8 Å². The number of carbonyl (C=O) groups is 1. The molecule has 2 aromatic carbocycles. The second-order valence-electron chi connectivity index (χ2n) is 10.4. The van der Waals surface area contributed by atoms with Gasteiger partial charge in [-0.3, -0.25) is 9.69 Å². The Bertz CT molecular complexity index is 1090. The highest BCUT2D eigenvalue weighted by atomic mass is 32.2. The van der Waals surface area contributed by atoms with Crippen molar-refractivity contribution in [1.82, 2.24) is 20.4 Å². The molecule has 2 saturated heterocycles. The van der Waals surface area contributed by atoms with E-state index >= 15 is 0 Å². The molecule has 0 aliphatic carbocycles. The lowest BCUT2D eigenvalue weighted by Gasteiger charge is -2.38. The number of carbonyl (C=O) groups excluding carboxylic acids is 1. The number of amides is 1. The van der Waals surface area contributed by atoms with Crippen LogP contribution in [0.1, 0.15) is 55.7 Å². The van der Waals surface area contributed by atoms with E-state index < -0.39 is 9.84 Å². The fraction of sp³-hybridized carbons (Fsp3) is 0.552. The van der Waals surface area contributed by atoms with Crippen molar-refractivity contribution < 1.29 is 13.2 Å². The second kappa shape index (κ2) is 13.0. The van der Waals surface area contributed by atoms with Gasteiger partial charge in [0.15, 0.2) is 9.84 Å². The lowest BCUT2D eigenvalue weighted by atomic mass is 9.94. The average Bonchev–Trinajstić information content (AvgIpc) is 2.91. The van der Waals surface area contributed by atoms with Gasteiger partial charge in [-0.1, -0.05) is 49.4 Å². The standard InChI is InChI=1S/C29H42N4O3S/c1-3-27(23-9-11-26(12-10-23)37(2,35)36)29(34)31-25-13-18-32(19-14-25)20-15-28(24-7-5-4-6-8-24)33-21-16-30-17-22-33/h4-12,25,27-28,30H,3,13-22H2,1-2H3,(H,31,34). The van der Waals surface area contributed by atoms with E-state index in [0.29, 0.717) is 12.5 Å². The maximum absolute atomic E-state index is 13.1. The fourth-order valence-corrected chi connectivity index (χ4v) is 6.29. The Balaban J connectivity index is 1.27. The predicted octanol–water partition coefficient (Wildman–Crippen LogP) is 3.20. The molecule has 2 atom stereocenters. The highest BCUT2D eigenvalue weighted by Gasteiger charge is 2.27. The van der Waals surface area contributed by atoms with Gasteiger partial charge in [-0.2, -0.15) is 0 Å². The topological polar surface area (TPSA) is 81.8 Å². The first-order valence-electron chi connectivity index (χ1n) is 13.7. The number of hydrogen-bond donors (Lipinski definition) is 2. The van der Waals surface area contributed by atoms with Crippen LogP contribution in [-0.4, -0.2) is 82.2 Å². The molecule has 0 bridgehead atoms. The number of benzene rings is 2. The SMILES string of the molecule is CCC(C(=O)NC1CCN(CCC(c2ccccc2)N2CCNCC2)CC1)c1ccc(S(C)(=O)=O)cc1. The summed E-state index contributed by atoms with van der Waals surface area (Å²) in [4.78, 5) is 18.5. The van der Waals surface area contributed by atoms with Gasteiger partial charge in [-0.25, -0.2) is 8.42 Å². The Morgan fingerprint density at radius 3 is 2.22 bits per heavy atom. The minimum Gasteiger partial charge on any atom is -0.353 e. The van der Waals surface area contributed by atoms with Crippen LogP contribution in [0.25, 0.3) is 0 Å². The molecular formula is C29H42N4O3S. The van der Waals surface area contributed by atoms with Crippen molar-refractivity contribution in [3.63, 3.8) is 0 Å². The van der Waals surface area contributed by atoms with E-state index in [1.807, 2.05) is 6.92 Å². The molecule has 1 amide bonds. The molecule has 2 aromatic rings. The van der Waals surface area contributed by atoms with Crippen molar-refractivity contribution in [2.75, 3.05) is 52.1 Å². The summed E-state index contributed by atoms with van der Waals surface area (Å²) < 4.78 is 23.5. The van der Waals surface area contributed by atoms with Gasteiger partial charge >= 0.3 is 0 Å². The molecule has 2 unspecified atom stereocenters. The van der Waals surface area contributed by atoms with Gasteiger partial charge in [0.05, 0.1) is 10.8 Å². The van der Waals surface area contributed by atoms with Crippen LogP contribution in [0, 0.1) is 0 Å². The number of nitrogens with zero attached hydrogens (tertiary/aromatic N) is 2. The van der Waals surface area contributed by atoms with Crippen LogP contribution in [0.4, 0.5) is 0 Å². The first-order chi connectivity index (χ1) is 17.8. The predicted molar refractivity (Wildman–Crippen MR) is 148 cm³/mol. The number of hydrogen-bond acceptors (Lipinski definition) is 6. The molecule has 0 aromatic heterocycles. The van der Waals surface area contributed by atoms with Gasteiger partial charge in [0.25, 0.3) is 0 Å². The third kappa shape index (κ3) is 7.63. The molecule has 4 rings (SSSR count). The number of piperazine rings is 1. The van der Waals surface area contributed by atoms with E-state index in [9.17, 15) is 13.2 Å². The smallest absolute Gasteiger partial charge is 0.227 e. The molecule has 0 saturated carbocycles. The molecule has 2 N–H and O–H groups in total. The molecule has 2 aliphatic rings. The summed E-state index contributed by atoms with van der Waals surface area (Å²) in [7, 11) is -3.24. The number of piperidine rings is 1. The van der Waals surface area contributed by atoms with Crippen LogP contribution in [0.3, 0.4) is 0 Å². The summed E-state index contributed by atoms with van der Waals surface area (Å²) in [5.74, 6) is -0.229.